The molecule has 104 valence electrons. The number of hydrogen-bond acceptors (Lipinski definition) is 6. The van der Waals surface area contributed by atoms with Crippen molar-refractivity contribution in [3.8, 4) is 5.75 Å². The zero-order valence-corrected chi connectivity index (χ0v) is 11.1. The van der Waals surface area contributed by atoms with Crippen molar-refractivity contribution < 1.29 is 24.9 Å². The Morgan fingerprint density at radius 3 is 2.53 bits per heavy atom. The highest BCUT2D eigenvalue weighted by atomic mass is 32.2. The molecule has 2 unspecified atom stereocenters. The van der Waals surface area contributed by atoms with Crippen molar-refractivity contribution in [2.24, 2.45) is 5.73 Å². The van der Waals surface area contributed by atoms with Gasteiger partial charge in [0, 0.05) is 12.7 Å². The SMILES string of the molecule is CC(=O)SCC(O)C(O)c1ccc(O)c(C(N)=O)c1. The van der Waals surface area contributed by atoms with Crippen LogP contribution < -0.4 is 5.73 Å². The van der Waals surface area contributed by atoms with Gasteiger partial charge in [0.2, 0.25) is 0 Å². The quantitative estimate of drug-likeness (QED) is 0.611. The number of aliphatic hydroxyl groups excluding tert-OH is 2. The van der Waals surface area contributed by atoms with Crippen LogP contribution in [0.5, 0.6) is 5.75 Å². The normalized spacial score (nSPS) is 13.8. The van der Waals surface area contributed by atoms with Crippen LogP contribution in [0.2, 0.25) is 0 Å². The molecule has 0 aromatic heterocycles. The van der Waals surface area contributed by atoms with E-state index in [1.165, 1.54) is 25.1 Å². The average Bonchev–Trinajstić information content (AvgIpc) is 2.35. The predicted octanol–water partition coefficient (Wildman–Crippen LogP) is 0.165. The molecule has 0 fully saturated rings. The first-order chi connectivity index (χ1) is 8.82. The average molecular weight is 285 g/mol. The Balaban J connectivity index is 2.87. The Morgan fingerprint density at radius 2 is 2.00 bits per heavy atom. The van der Waals surface area contributed by atoms with Gasteiger partial charge in [0.1, 0.15) is 11.9 Å². The van der Waals surface area contributed by atoms with Crippen LogP contribution in [0.25, 0.3) is 0 Å². The van der Waals surface area contributed by atoms with Crippen LogP contribution in [0.1, 0.15) is 28.9 Å². The van der Waals surface area contributed by atoms with Crippen LogP contribution in [0.4, 0.5) is 0 Å². The molecule has 0 aliphatic heterocycles. The lowest BCUT2D eigenvalue weighted by Crippen LogP contribution is -2.22. The Bertz CT molecular complexity index is 491. The standard InChI is InChI=1S/C12H15NO5S/c1-6(14)19-5-10(16)11(17)7-2-3-9(15)8(4-7)12(13)18/h2-4,10-11,15-17H,5H2,1H3,(H2,13,18). The summed E-state index contributed by atoms with van der Waals surface area (Å²) in [6.45, 7) is 1.36. The second-order valence-electron chi connectivity index (χ2n) is 3.96. The lowest BCUT2D eigenvalue weighted by atomic mass is 10.0. The van der Waals surface area contributed by atoms with Crippen LogP contribution in [-0.2, 0) is 4.79 Å². The Hall–Kier alpha value is -1.57. The molecule has 1 aromatic carbocycles. The van der Waals surface area contributed by atoms with Crippen LogP contribution >= 0.6 is 11.8 Å². The Morgan fingerprint density at radius 1 is 1.37 bits per heavy atom. The molecule has 0 aliphatic rings. The fourth-order valence-corrected chi connectivity index (χ4v) is 2.04. The van der Waals surface area contributed by atoms with Gasteiger partial charge in [0.05, 0.1) is 11.7 Å². The summed E-state index contributed by atoms with van der Waals surface area (Å²) in [4.78, 5) is 21.8. The van der Waals surface area contributed by atoms with Gasteiger partial charge in [0.15, 0.2) is 5.12 Å². The maximum Gasteiger partial charge on any atom is 0.252 e. The Labute approximate surface area is 114 Å². The summed E-state index contributed by atoms with van der Waals surface area (Å²) in [5.41, 5.74) is 5.17. The van der Waals surface area contributed by atoms with E-state index < -0.39 is 18.1 Å². The minimum absolute atomic E-state index is 0.0310. The highest BCUT2D eigenvalue weighted by Crippen LogP contribution is 2.25. The van der Waals surface area contributed by atoms with Crippen molar-refractivity contribution >= 4 is 22.8 Å². The van der Waals surface area contributed by atoms with Gasteiger partial charge < -0.3 is 21.1 Å². The second kappa shape index (κ2) is 6.55. The van der Waals surface area contributed by atoms with Crippen LogP contribution in [-0.4, -0.2) is 38.2 Å². The maximum atomic E-state index is 11.1. The lowest BCUT2D eigenvalue weighted by Gasteiger charge is -2.18. The number of aliphatic hydroxyl groups is 2. The molecule has 1 aromatic rings. The molecule has 7 heteroatoms. The van der Waals surface area contributed by atoms with Crippen molar-refractivity contribution in [2.75, 3.05) is 5.75 Å². The minimum atomic E-state index is -1.27. The fourth-order valence-electron chi connectivity index (χ4n) is 1.45. The number of carbonyl (C=O) groups excluding carboxylic acids is 2. The molecule has 1 amide bonds. The largest absolute Gasteiger partial charge is 0.507 e. The summed E-state index contributed by atoms with van der Waals surface area (Å²) in [6, 6.07) is 3.79. The van der Waals surface area contributed by atoms with E-state index in [1.807, 2.05) is 0 Å². The molecule has 0 saturated carbocycles. The molecule has 2 atom stereocenters. The first kappa shape index (κ1) is 15.5. The molecule has 6 nitrogen and oxygen atoms in total. The summed E-state index contributed by atoms with van der Waals surface area (Å²) in [5.74, 6) is -1.10. The third-order valence-electron chi connectivity index (χ3n) is 2.45. The number of carbonyl (C=O) groups is 2. The minimum Gasteiger partial charge on any atom is -0.507 e. The number of benzene rings is 1. The number of phenols is 1. The summed E-state index contributed by atoms with van der Waals surface area (Å²) < 4.78 is 0. The van der Waals surface area contributed by atoms with E-state index in [0.717, 1.165) is 11.8 Å². The van der Waals surface area contributed by atoms with Crippen molar-refractivity contribution in [3.05, 3.63) is 29.3 Å². The van der Waals surface area contributed by atoms with E-state index in [-0.39, 0.29) is 27.7 Å². The van der Waals surface area contributed by atoms with Crippen molar-refractivity contribution in [1.82, 2.24) is 0 Å². The summed E-state index contributed by atoms with van der Waals surface area (Å²) in [7, 11) is 0. The van der Waals surface area contributed by atoms with Gasteiger partial charge in [0.25, 0.3) is 5.91 Å². The summed E-state index contributed by atoms with van der Waals surface area (Å²) >= 11 is 0.886. The van der Waals surface area contributed by atoms with Gasteiger partial charge in [-0.15, -0.1) is 0 Å². The van der Waals surface area contributed by atoms with Crippen molar-refractivity contribution in [2.45, 2.75) is 19.1 Å². The second-order valence-corrected chi connectivity index (χ2v) is 5.15. The van der Waals surface area contributed by atoms with Gasteiger partial charge in [-0.1, -0.05) is 17.8 Å². The molecule has 0 aliphatic carbocycles. The molecule has 0 heterocycles. The molecule has 0 saturated heterocycles. The van der Waals surface area contributed by atoms with Crippen molar-refractivity contribution in [3.63, 3.8) is 0 Å². The smallest absolute Gasteiger partial charge is 0.252 e. The van der Waals surface area contributed by atoms with Crippen molar-refractivity contribution in [1.29, 1.82) is 0 Å². The van der Waals surface area contributed by atoms with E-state index in [4.69, 9.17) is 5.73 Å². The fraction of sp³-hybridized carbons (Fsp3) is 0.333. The molecule has 0 radical (unpaired) electrons. The van der Waals surface area contributed by atoms with Gasteiger partial charge in [-0.3, -0.25) is 9.59 Å². The number of nitrogens with two attached hydrogens (primary N) is 1. The molecular formula is C12H15NO5S. The number of thioether (sulfide) groups is 1. The molecular weight excluding hydrogens is 270 g/mol. The highest BCUT2D eigenvalue weighted by molar-refractivity contribution is 8.13. The molecule has 0 spiro atoms. The number of aromatic hydroxyl groups is 1. The number of primary amides is 1. The summed E-state index contributed by atoms with van der Waals surface area (Å²) in [6.07, 6.45) is -2.44. The number of rotatable bonds is 5. The first-order valence-electron chi connectivity index (χ1n) is 5.45. The third-order valence-corrected chi connectivity index (χ3v) is 3.36. The zero-order valence-electron chi connectivity index (χ0n) is 10.2. The van der Waals surface area contributed by atoms with E-state index >= 15 is 0 Å². The lowest BCUT2D eigenvalue weighted by molar-refractivity contribution is -0.109. The predicted molar refractivity (Wildman–Crippen MR) is 70.7 cm³/mol. The van der Waals surface area contributed by atoms with Gasteiger partial charge in [-0.05, 0) is 17.7 Å². The van der Waals surface area contributed by atoms with E-state index in [2.05, 4.69) is 0 Å². The molecule has 0 bridgehead atoms. The zero-order chi connectivity index (χ0) is 14.6. The van der Waals surface area contributed by atoms with Crippen LogP contribution in [0, 0.1) is 0 Å². The highest BCUT2D eigenvalue weighted by Gasteiger charge is 2.21. The topological polar surface area (TPSA) is 121 Å². The van der Waals surface area contributed by atoms with Crippen LogP contribution in [0.3, 0.4) is 0 Å². The van der Waals surface area contributed by atoms with E-state index in [9.17, 15) is 24.9 Å². The number of amides is 1. The molecule has 19 heavy (non-hydrogen) atoms. The summed E-state index contributed by atoms with van der Waals surface area (Å²) in [5, 5.41) is 28.8. The first-order valence-corrected chi connectivity index (χ1v) is 6.43. The number of hydrogen-bond donors (Lipinski definition) is 4. The van der Waals surface area contributed by atoms with Gasteiger partial charge >= 0.3 is 0 Å². The van der Waals surface area contributed by atoms with Crippen LogP contribution in [0.15, 0.2) is 18.2 Å². The Kier molecular flexibility index (Phi) is 5.34. The van der Waals surface area contributed by atoms with Gasteiger partial charge in [-0.25, -0.2) is 0 Å². The monoisotopic (exact) mass is 285 g/mol. The molecule has 1 rings (SSSR count). The van der Waals surface area contributed by atoms with E-state index in [1.54, 1.807) is 0 Å². The van der Waals surface area contributed by atoms with Gasteiger partial charge in [-0.2, -0.15) is 0 Å². The molecule has 5 N–H and O–H groups in total. The maximum absolute atomic E-state index is 11.1. The van der Waals surface area contributed by atoms with E-state index in [0.29, 0.717) is 0 Å². The third kappa shape index (κ3) is 4.23.